The van der Waals surface area contributed by atoms with Gasteiger partial charge in [0, 0.05) is 33.4 Å². The Balaban J connectivity index is 0.660. The molecule has 0 radical (unpaired) electrons. The Kier molecular flexibility index (Phi) is 20.4. The van der Waals surface area contributed by atoms with E-state index in [9.17, 15) is 0 Å². The molecule has 0 amide bonds. The van der Waals surface area contributed by atoms with Crippen molar-refractivity contribution in [3.8, 4) is 83.6 Å². The number of rotatable bonds is 19. The predicted molar refractivity (Wildman–Crippen MR) is 529 cm³/mol. The number of benzene rings is 18. The molecule has 0 saturated heterocycles. The maximum atomic E-state index is 5.23. The molecule has 2 aromatic heterocycles. The van der Waals surface area contributed by atoms with Gasteiger partial charge in [-0.05, 0) is 209 Å². The van der Waals surface area contributed by atoms with Gasteiger partial charge in [0.1, 0.15) is 11.0 Å². The van der Waals surface area contributed by atoms with Crippen LogP contribution in [-0.2, 0) is 10.8 Å². The van der Waals surface area contributed by atoms with Crippen molar-refractivity contribution in [1.29, 1.82) is 0 Å². The van der Waals surface area contributed by atoms with E-state index in [0.29, 0.717) is 0 Å². The number of fused-ring (bicyclic) bond motifs is 4. The third kappa shape index (κ3) is 14.5. The van der Waals surface area contributed by atoms with E-state index in [-0.39, 0.29) is 10.8 Å². The number of anilines is 3. The van der Waals surface area contributed by atoms with Gasteiger partial charge in [-0.2, -0.15) is 8.75 Å². The van der Waals surface area contributed by atoms with Crippen molar-refractivity contribution in [2.45, 2.75) is 52.4 Å². The minimum Gasteiger partial charge on any atom is -0.309 e. The van der Waals surface area contributed by atoms with Gasteiger partial charge >= 0.3 is 0 Å². The minimum absolute atomic E-state index is 0.0910. The zero-order valence-electron chi connectivity index (χ0n) is 69.9. The predicted octanol–water partition coefficient (Wildman–Crippen LogP) is 25.3. The van der Waals surface area contributed by atoms with Crippen LogP contribution in [0.2, 0.25) is 0 Å². The molecule has 0 unspecified atom stereocenters. The normalized spacial score (nSPS) is 12.0. The lowest BCUT2D eigenvalue weighted by atomic mass is 9.86. The van der Waals surface area contributed by atoms with Crippen LogP contribution < -0.4 is 46.4 Å². The molecule has 0 fully saturated rings. The van der Waals surface area contributed by atoms with Crippen molar-refractivity contribution in [2.24, 2.45) is 0 Å². The summed E-state index contributed by atoms with van der Waals surface area (Å²) in [4.78, 5) is 2.36. The minimum atomic E-state index is -2.73. The average Bonchev–Trinajstić information content (AvgIpc) is 1.65. The van der Waals surface area contributed by atoms with Crippen molar-refractivity contribution in [2.75, 3.05) is 4.90 Å². The summed E-state index contributed by atoms with van der Waals surface area (Å²) >= 11 is 1.26. The lowest BCUT2D eigenvalue weighted by Crippen LogP contribution is -2.74. The van der Waals surface area contributed by atoms with Gasteiger partial charge in [0.25, 0.3) is 0 Å². The maximum absolute atomic E-state index is 5.23. The first-order chi connectivity index (χ1) is 60.2. The van der Waals surface area contributed by atoms with E-state index in [1.807, 2.05) is 0 Å². The van der Waals surface area contributed by atoms with Crippen LogP contribution in [0.5, 0.6) is 0 Å². The molecule has 18 aromatic carbocycles. The van der Waals surface area contributed by atoms with E-state index in [2.05, 4.69) is 500 Å². The second kappa shape index (κ2) is 32.4. The molecule has 4 nitrogen and oxygen atoms in total. The number of nitrogens with zero attached hydrogens (tertiary/aromatic N) is 4. The third-order valence-corrected chi connectivity index (χ3v) is 35.4. The Labute approximate surface area is 728 Å². The van der Waals surface area contributed by atoms with Gasteiger partial charge in [-0.25, -0.2) is 0 Å². The highest BCUT2D eigenvalue weighted by Gasteiger charge is 2.43. The van der Waals surface area contributed by atoms with Gasteiger partial charge in [0.05, 0.1) is 28.4 Å². The second-order valence-corrected chi connectivity index (χ2v) is 42.7. The summed E-state index contributed by atoms with van der Waals surface area (Å²) in [6.07, 6.45) is 0. The van der Waals surface area contributed by atoms with Crippen molar-refractivity contribution < 1.29 is 0 Å². The monoisotopic (exact) mass is 1630 g/mol. The first kappa shape index (κ1) is 77.4. The van der Waals surface area contributed by atoms with Crippen LogP contribution in [-0.4, -0.2) is 29.5 Å². The molecular weight excluding hydrogens is 1540 g/mol. The molecule has 0 N–H and O–H groups in total. The number of hydrogen-bond donors (Lipinski definition) is 0. The van der Waals surface area contributed by atoms with Gasteiger partial charge in [0.2, 0.25) is 0 Å². The van der Waals surface area contributed by atoms with Crippen LogP contribution in [0.1, 0.15) is 52.7 Å². The Morgan fingerprint density at radius 2 is 0.488 bits per heavy atom. The van der Waals surface area contributed by atoms with Gasteiger partial charge in [0.15, 0.2) is 16.1 Å². The molecule has 2 heterocycles. The fraction of sp³-hybridized carbons (Fsp3) is 0.0690. The molecule has 20 rings (SSSR count). The van der Waals surface area contributed by atoms with Gasteiger partial charge in [-0.15, -0.1) is 0 Å². The van der Waals surface area contributed by atoms with E-state index in [0.717, 1.165) is 78.2 Å². The molecule has 590 valence electrons. The highest BCUT2D eigenvalue weighted by molar-refractivity contribution is 7.20. The van der Waals surface area contributed by atoms with Gasteiger partial charge < -0.3 is 9.47 Å². The summed E-state index contributed by atoms with van der Waals surface area (Å²) in [6.45, 7) is 13.6. The molecule has 0 spiro atoms. The molecule has 0 saturated carbocycles. The van der Waals surface area contributed by atoms with Gasteiger partial charge in [-0.3, -0.25) is 0 Å². The van der Waals surface area contributed by atoms with Crippen LogP contribution in [0.25, 0.3) is 116 Å². The molecular formula is C116H92N4SSi2. The van der Waals surface area contributed by atoms with Crippen molar-refractivity contribution in [1.82, 2.24) is 13.3 Å². The highest BCUT2D eigenvalue weighted by atomic mass is 32.1. The first-order valence-corrected chi connectivity index (χ1v) is 47.4. The number of hydrogen-bond acceptors (Lipinski definition) is 4. The summed E-state index contributed by atoms with van der Waals surface area (Å²) < 4.78 is 12.8. The zero-order valence-corrected chi connectivity index (χ0v) is 72.7. The van der Waals surface area contributed by atoms with Crippen molar-refractivity contribution >= 4 is 119 Å². The fourth-order valence-corrected chi connectivity index (χ4v) is 28.8. The molecule has 0 aliphatic rings. The quantitative estimate of drug-likeness (QED) is 0.0598. The Bertz CT molecular complexity index is 6550. The SMILES string of the molecule is CC(C)(C)c1ccc(-c2ccc(-c3ccc4c(c3)c3cc(-c5ccc(-c6ccc(C(C)(C)C)cc6)cc5)ccc3n4-c3ccc(-c4ccc(N(c5ccc(-c6ccc([Si](c7ccccc7)(c7ccccc7)c7ccccc7)cc6)cc5)c5ccc(-c6ccc([Si](c7ccccc7)(c7ccccc7)c7ccccc7)cc6)cc5)c5nsnc45)cc3)cc2)cc1. The van der Waals surface area contributed by atoms with Crippen molar-refractivity contribution in [3.05, 3.63) is 460 Å². The Hall–Kier alpha value is -14.2. The third-order valence-electron chi connectivity index (χ3n) is 25.2. The smallest absolute Gasteiger partial charge is 0.179 e. The molecule has 123 heavy (non-hydrogen) atoms. The van der Waals surface area contributed by atoms with E-state index < -0.39 is 16.1 Å². The maximum Gasteiger partial charge on any atom is 0.179 e. The van der Waals surface area contributed by atoms with Crippen LogP contribution in [0.15, 0.2) is 449 Å². The zero-order chi connectivity index (χ0) is 83.2. The first-order valence-electron chi connectivity index (χ1n) is 42.6. The molecule has 0 aliphatic heterocycles. The summed E-state index contributed by atoms with van der Waals surface area (Å²) in [5.41, 5.74) is 27.0. The standard InChI is InChI=1S/C116H92N4SSi2/c1-115(2,3)94-61-45-83(46-62-94)81-37-41-89(42-38-81)92-59-76-110-108(79-92)109-80-93(90-43-39-82(40-44-90)84-47-63-95(64-48-84)116(4,5)6)60-77-111(109)120(110)98-69-53-91(54-70-98)107-75-78-112(114-113(107)117-121-118-114)119(96-65-49-85(50-66-96)87-55-71-105(72-56-87)122(99-25-13-7-14-26-99,100-27-15-8-16-28-100)101-29-17-9-18-30-101)97-67-51-86(52-68-97)88-57-73-106(74-58-88)123(102-31-19-10-20-32-102,103-33-21-11-22-34-103)104-35-23-12-24-36-104/h7-80H,1-6H3. The Morgan fingerprint density at radius 1 is 0.236 bits per heavy atom. The van der Waals surface area contributed by atoms with Crippen molar-refractivity contribution in [3.63, 3.8) is 0 Å². The molecule has 20 aromatic rings. The van der Waals surface area contributed by atoms with Crippen LogP contribution in [0.3, 0.4) is 0 Å². The van der Waals surface area contributed by atoms with Crippen LogP contribution in [0.4, 0.5) is 17.1 Å². The summed E-state index contributed by atoms with van der Waals surface area (Å²) in [7, 11) is -5.47. The molecule has 0 bridgehead atoms. The number of aromatic nitrogens is 3. The van der Waals surface area contributed by atoms with E-state index >= 15 is 0 Å². The summed E-state index contributed by atoms with van der Waals surface area (Å²) in [6, 6.07) is 168. The molecule has 0 aliphatic carbocycles. The topological polar surface area (TPSA) is 34.0 Å². The van der Waals surface area contributed by atoms with Crippen LogP contribution in [0, 0.1) is 0 Å². The average molecular weight is 1630 g/mol. The summed E-state index contributed by atoms with van der Waals surface area (Å²) in [5, 5.41) is 13.2. The lowest BCUT2D eigenvalue weighted by Gasteiger charge is -2.34. The van der Waals surface area contributed by atoms with Crippen LogP contribution >= 0.6 is 11.7 Å². The summed E-state index contributed by atoms with van der Waals surface area (Å²) in [5.74, 6) is 0. The fourth-order valence-electron chi connectivity index (χ4n) is 18.7. The molecule has 0 atom stereocenters. The second-order valence-electron chi connectivity index (χ2n) is 34.5. The highest BCUT2D eigenvalue weighted by Crippen LogP contribution is 2.45. The lowest BCUT2D eigenvalue weighted by molar-refractivity contribution is 0.590. The van der Waals surface area contributed by atoms with E-state index in [1.54, 1.807) is 0 Å². The van der Waals surface area contributed by atoms with Gasteiger partial charge in [-0.1, -0.05) is 418 Å². The largest absolute Gasteiger partial charge is 0.309 e. The Morgan fingerprint density at radius 3 is 0.797 bits per heavy atom. The van der Waals surface area contributed by atoms with E-state index in [4.69, 9.17) is 8.75 Å². The van der Waals surface area contributed by atoms with E-state index in [1.165, 1.54) is 120 Å². The molecule has 7 heteroatoms.